The summed E-state index contributed by atoms with van der Waals surface area (Å²) >= 11 is 6.30. The molecule has 2 aromatic rings. The number of phenols is 1. The summed E-state index contributed by atoms with van der Waals surface area (Å²) in [5.74, 6) is -0.179. The second-order valence-electron chi connectivity index (χ2n) is 5.28. The monoisotopic (exact) mass is 386 g/mol. The van der Waals surface area contributed by atoms with Gasteiger partial charge in [-0.15, -0.1) is 0 Å². The lowest BCUT2D eigenvalue weighted by molar-refractivity contribution is -0.123. The molecule has 0 radical (unpaired) electrons. The number of carbonyl (C=O) groups is 2. The van der Waals surface area contributed by atoms with Gasteiger partial charge in [-0.1, -0.05) is 23.9 Å². The Bertz CT molecular complexity index is 910. The van der Waals surface area contributed by atoms with Gasteiger partial charge in [0.15, 0.2) is 4.32 Å². The Labute approximate surface area is 159 Å². The molecular formula is C18H14N2O4S2. The molecule has 0 unspecified atom stereocenters. The van der Waals surface area contributed by atoms with E-state index in [-0.39, 0.29) is 10.1 Å². The van der Waals surface area contributed by atoms with Gasteiger partial charge >= 0.3 is 0 Å². The minimum Gasteiger partial charge on any atom is -0.508 e. The molecule has 0 saturated carbocycles. The van der Waals surface area contributed by atoms with Crippen molar-refractivity contribution in [2.75, 3.05) is 7.11 Å². The molecule has 1 heterocycles. The number of phenolic OH excluding ortho intramolecular Hbond substituents is 1. The van der Waals surface area contributed by atoms with E-state index in [1.807, 2.05) is 12.1 Å². The van der Waals surface area contributed by atoms with E-state index in [0.717, 1.165) is 22.3 Å². The zero-order valence-electron chi connectivity index (χ0n) is 13.6. The minimum absolute atomic E-state index is 0.0494. The number of carbonyl (C=O) groups excluding carboxylic acids is 2. The first kappa shape index (κ1) is 18.0. The topological polar surface area (TPSA) is 78.9 Å². The van der Waals surface area contributed by atoms with Gasteiger partial charge in [-0.25, -0.2) is 0 Å². The smallest absolute Gasteiger partial charge is 0.285 e. The maximum atomic E-state index is 12.6. The van der Waals surface area contributed by atoms with E-state index in [0.29, 0.717) is 16.2 Å². The molecule has 1 saturated heterocycles. The molecule has 6 nitrogen and oxygen atoms in total. The van der Waals surface area contributed by atoms with Crippen LogP contribution in [-0.2, 0) is 4.79 Å². The standard InChI is InChI=1S/C18H14N2O4S2/c1-24-14-4-2-3-11(9-14)10-15-17(23)20(18(25)26-15)19-16(22)12-5-7-13(21)8-6-12/h2-10,21H,1H3,(H,19,22)/b15-10-. The Morgan fingerprint density at radius 1 is 1.27 bits per heavy atom. The van der Waals surface area contributed by atoms with Crippen molar-refractivity contribution in [3.05, 3.63) is 64.6 Å². The van der Waals surface area contributed by atoms with Crippen LogP contribution in [-0.4, -0.2) is 33.4 Å². The van der Waals surface area contributed by atoms with Crippen molar-refractivity contribution < 1.29 is 19.4 Å². The summed E-state index contributed by atoms with van der Waals surface area (Å²) in [6.07, 6.45) is 1.69. The Hall–Kier alpha value is -2.84. The minimum atomic E-state index is -0.496. The van der Waals surface area contributed by atoms with Gasteiger partial charge in [0.1, 0.15) is 11.5 Å². The maximum absolute atomic E-state index is 12.6. The molecule has 1 fully saturated rings. The van der Waals surface area contributed by atoms with Gasteiger partial charge in [-0.05, 0) is 60.3 Å². The third-order valence-corrected chi connectivity index (χ3v) is 4.83. The fourth-order valence-electron chi connectivity index (χ4n) is 2.23. The quantitative estimate of drug-likeness (QED) is 0.621. The highest BCUT2D eigenvalue weighted by atomic mass is 32.2. The van der Waals surface area contributed by atoms with Crippen molar-refractivity contribution in [3.8, 4) is 11.5 Å². The molecule has 2 aromatic carbocycles. The number of nitrogens with one attached hydrogen (secondary N) is 1. The summed E-state index contributed by atoms with van der Waals surface area (Å²) in [6, 6.07) is 12.9. The molecule has 1 aliphatic rings. The van der Waals surface area contributed by atoms with E-state index in [1.165, 1.54) is 24.3 Å². The molecule has 3 rings (SSSR count). The number of benzene rings is 2. The summed E-state index contributed by atoms with van der Waals surface area (Å²) in [5, 5.41) is 10.3. The second-order valence-corrected chi connectivity index (χ2v) is 6.96. The number of amides is 2. The van der Waals surface area contributed by atoms with Crippen LogP contribution in [0.5, 0.6) is 11.5 Å². The van der Waals surface area contributed by atoms with Crippen LogP contribution >= 0.6 is 24.0 Å². The van der Waals surface area contributed by atoms with Crippen molar-refractivity contribution in [2.24, 2.45) is 0 Å². The van der Waals surface area contributed by atoms with Gasteiger partial charge in [0.2, 0.25) is 0 Å². The average Bonchev–Trinajstić information content (AvgIpc) is 2.90. The second kappa shape index (κ2) is 7.59. The Morgan fingerprint density at radius 3 is 2.69 bits per heavy atom. The lowest BCUT2D eigenvalue weighted by atomic mass is 10.2. The Kier molecular flexibility index (Phi) is 5.24. The summed E-state index contributed by atoms with van der Waals surface area (Å²) in [7, 11) is 1.57. The van der Waals surface area contributed by atoms with Crippen LogP contribution < -0.4 is 10.2 Å². The van der Waals surface area contributed by atoms with Crippen molar-refractivity contribution in [1.29, 1.82) is 0 Å². The van der Waals surface area contributed by atoms with Crippen molar-refractivity contribution >= 4 is 46.2 Å². The highest BCUT2D eigenvalue weighted by Crippen LogP contribution is 2.32. The number of hydrogen-bond donors (Lipinski definition) is 2. The molecule has 0 aromatic heterocycles. The molecule has 26 heavy (non-hydrogen) atoms. The van der Waals surface area contributed by atoms with Crippen LogP contribution in [0.4, 0.5) is 0 Å². The first-order valence-electron chi connectivity index (χ1n) is 7.50. The van der Waals surface area contributed by atoms with Gasteiger partial charge < -0.3 is 9.84 Å². The van der Waals surface area contributed by atoms with Gasteiger partial charge in [0, 0.05) is 5.56 Å². The third kappa shape index (κ3) is 3.87. The zero-order valence-corrected chi connectivity index (χ0v) is 15.3. The van der Waals surface area contributed by atoms with E-state index in [1.54, 1.807) is 25.3 Å². The lowest BCUT2D eigenvalue weighted by Gasteiger charge is -2.15. The first-order valence-corrected chi connectivity index (χ1v) is 8.72. The van der Waals surface area contributed by atoms with Crippen LogP contribution in [0.2, 0.25) is 0 Å². The van der Waals surface area contributed by atoms with Crippen LogP contribution in [0.3, 0.4) is 0 Å². The predicted octanol–water partition coefficient (Wildman–Crippen LogP) is 2.95. The molecule has 0 aliphatic carbocycles. The predicted molar refractivity (Wildman–Crippen MR) is 104 cm³/mol. The van der Waals surface area contributed by atoms with Crippen LogP contribution in [0.25, 0.3) is 6.08 Å². The number of thiocarbonyl (C=S) groups is 1. The van der Waals surface area contributed by atoms with Gasteiger partial charge in [-0.3, -0.25) is 15.0 Å². The molecule has 2 amide bonds. The van der Waals surface area contributed by atoms with Crippen molar-refractivity contribution in [3.63, 3.8) is 0 Å². The molecule has 0 atom stereocenters. The Morgan fingerprint density at radius 2 is 2.00 bits per heavy atom. The SMILES string of the molecule is COc1cccc(/C=C2\SC(=S)N(NC(=O)c3ccc(O)cc3)C2=O)c1. The fraction of sp³-hybridized carbons (Fsp3) is 0.0556. The maximum Gasteiger partial charge on any atom is 0.285 e. The number of rotatable bonds is 4. The average molecular weight is 386 g/mol. The summed E-state index contributed by atoms with van der Waals surface area (Å²) in [4.78, 5) is 25.2. The highest BCUT2D eigenvalue weighted by molar-refractivity contribution is 8.26. The third-order valence-electron chi connectivity index (χ3n) is 3.53. The molecule has 0 bridgehead atoms. The first-order chi connectivity index (χ1) is 12.5. The van der Waals surface area contributed by atoms with E-state index in [2.05, 4.69) is 5.43 Å². The number of hydrogen-bond acceptors (Lipinski definition) is 6. The molecule has 8 heteroatoms. The van der Waals surface area contributed by atoms with E-state index >= 15 is 0 Å². The van der Waals surface area contributed by atoms with Crippen molar-refractivity contribution in [1.82, 2.24) is 10.4 Å². The summed E-state index contributed by atoms with van der Waals surface area (Å²) < 4.78 is 5.40. The highest BCUT2D eigenvalue weighted by Gasteiger charge is 2.33. The van der Waals surface area contributed by atoms with Crippen LogP contribution in [0, 0.1) is 0 Å². The number of aromatic hydroxyl groups is 1. The molecule has 0 spiro atoms. The number of methoxy groups -OCH3 is 1. The van der Waals surface area contributed by atoms with Crippen LogP contribution in [0.1, 0.15) is 15.9 Å². The lowest BCUT2D eigenvalue weighted by Crippen LogP contribution is -2.44. The molecule has 132 valence electrons. The zero-order chi connectivity index (χ0) is 18.7. The van der Waals surface area contributed by atoms with Gasteiger partial charge in [-0.2, -0.15) is 5.01 Å². The van der Waals surface area contributed by atoms with E-state index in [4.69, 9.17) is 17.0 Å². The number of nitrogens with zero attached hydrogens (tertiary/aromatic N) is 1. The van der Waals surface area contributed by atoms with Crippen LogP contribution in [0.15, 0.2) is 53.4 Å². The van der Waals surface area contributed by atoms with E-state index < -0.39 is 11.8 Å². The van der Waals surface area contributed by atoms with Gasteiger partial charge in [0.05, 0.1) is 12.0 Å². The number of hydrazine groups is 1. The fourth-order valence-corrected chi connectivity index (χ4v) is 3.41. The number of ether oxygens (including phenoxy) is 1. The van der Waals surface area contributed by atoms with Gasteiger partial charge in [0.25, 0.3) is 11.8 Å². The summed E-state index contributed by atoms with van der Waals surface area (Å²) in [6.45, 7) is 0. The number of thioether (sulfide) groups is 1. The van der Waals surface area contributed by atoms with Crippen molar-refractivity contribution in [2.45, 2.75) is 0 Å². The molecule has 1 aliphatic heterocycles. The molecule has 2 N–H and O–H groups in total. The summed E-state index contributed by atoms with van der Waals surface area (Å²) in [5.41, 5.74) is 3.57. The molecular weight excluding hydrogens is 372 g/mol. The Balaban J connectivity index is 1.77. The largest absolute Gasteiger partial charge is 0.508 e. The van der Waals surface area contributed by atoms with E-state index in [9.17, 15) is 14.7 Å². The normalized spacial score (nSPS) is 15.4.